The van der Waals surface area contributed by atoms with Crippen LogP contribution in [-0.4, -0.2) is 17.0 Å². The van der Waals surface area contributed by atoms with E-state index in [-0.39, 0.29) is 23.6 Å². The van der Waals surface area contributed by atoms with Crippen LogP contribution in [0.5, 0.6) is 0 Å². The van der Waals surface area contributed by atoms with Crippen LogP contribution in [0.2, 0.25) is 0 Å². The molecule has 0 aliphatic rings. The van der Waals surface area contributed by atoms with Gasteiger partial charge in [0, 0.05) is 15.4 Å². The molecule has 4 nitrogen and oxygen atoms in total. The van der Waals surface area contributed by atoms with Gasteiger partial charge in [0.05, 0.1) is 11.3 Å². The van der Waals surface area contributed by atoms with Gasteiger partial charge in [-0.2, -0.15) is 0 Å². The lowest BCUT2D eigenvalue weighted by atomic mass is 10.1. The monoisotopic (exact) mass is 375 g/mol. The Labute approximate surface area is 121 Å². The van der Waals surface area contributed by atoms with E-state index < -0.39 is 5.97 Å². The van der Waals surface area contributed by atoms with Crippen LogP contribution in [0.25, 0.3) is 0 Å². The number of carboxylic acid groups (broad SMARTS) is 1. The second-order valence-corrected chi connectivity index (χ2v) is 5.26. The quantitative estimate of drug-likeness (QED) is 0.767. The Morgan fingerprint density at radius 2 is 2.06 bits per heavy atom. The van der Waals surface area contributed by atoms with Crippen LogP contribution in [-0.2, 0) is 4.79 Å². The van der Waals surface area contributed by atoms with E-state index in [0.717, 1.165) is 0 Å². The highest BCUT2D eigenvalue weighted by Crippen LogP contribution is 2.31. The van der Waals surface area contributed by atoms with Gasteiger partial charge in [-0.3, -0.25) is 4.79 Å². The molecular weight excluding hydrogens is 366 g/mol. The van der Waals surface area contributed by atoms with Crippen LogP contribution in [0.15, 0.2) is 33.7 Å². The van der Waals surface area contributed by atoms with E-state index in [4.69, 9.17) is 5.11 Å². The van der Waals surface area contributed by atoms with Crippen molar-refractivity contribution in [1.29, 1.82) is 0 Å². The van der Waals surface area contributed by atoms with Crippen molar-refractivity contribution in [3.8, 4) is 0 Å². The smallest absolute Gasteiger partial charge is 0.337 e. The van der Waals surface area contributed by atoms with Gasteiger partial charge in [0.1, 0.15) is 0 Å². The first-order valence-electron chi connectivity index (χ1n) is 5.08. The second-order valence-electron chi connectivity index (χ2n) is 3.49. The van der Waals surface area contributed by atoms with Gasteiger partial charge < -0.3 is 10.4 Å². The Balaban J connectivity index is 3.03. The van der Waals surface area contributed by atoms with E-state index in [1.807, 2.05) is 0 Å². The molecule has 6 heteroatoms. The first kappa shape index (κ1) is 14.9. The number of nitrogens with one attached hydrogen (secondary N) is 1. The molecule has 0 aromatic heterocycles. The lowest BCUT2D eigenvalue weighted by Gasteiger charge is -2.11. The van der Waals surface area contributed by atoms with Crippen LogP contribution in [0, 0.1) is 0 Å². The Kier molecular flexibility index (Phi) is 5.55. The zero-order chi connectivity index (χ0) is 13.7. The summed E-state index contributed by atoms with van der Waals surface area (Å²) in [7, 11) is 0. The molecule has 18 heavy (non-hydrogen) atoms. The van der Waals surface area contributed by atoms with Gasteiger partial charge in [0.2, 0.25) is 5.91 Å². The fourth-order valence-electron chi connectivity index (χ4n) is 1.30. The molecule has 0 heterocycles. The minimum atomic E-state index is -1.10. The molecule has 2 N–H and O–H groups in total. The van der Waals surface area contributed by atoms with Crippen LogP contribution in [0.1, 0.15) is 23.2 Å². The number of benzene rings is 1. The van der Waals surface area contributed by atoms with E-state index in [0.29, 0.717) is 15.4 Å². The summed E-state index contributed by atoms with van der Waals surface area (Å²) < 4.78 is 1.14. The molecule has 96 valence electrons. The lowest BCUT2D eigenvalue weighted by Crippen LogP contribution is -2.14. The van der Waals surface area contributed by atoms with Crippen molar-refractivity contribution in [2.24, 2.45) is 0 Å². The van der Waals surface area contributed by atoms with Crippen LogP contribution in [0.4, 0.5) is 5.69 Å². The van der Waals surface area contributed by atoms with Crippen LogP contribution in [0.3, 0.4) is 0 Å². The summed E-state index contributed by atoms with van der Waals surface area (Å²) in [6.07, 6.45) is 2.45. The van der Waals surface area contributed by atoms with E-state index in [2.05, 4.69) is 43.8 Å². The number of anilines is 1. The van der Waals surface area contributed by atoms with E-state index in [1.54, 1.807) is 12.1 Å². The minimum absolute atomic E-state index is 0.0307. The maximum absolute atomic E-state index is 11.6. The zero-order valence-corrected chi connectivity index (χ0v) is 12.5. The van der Waals surface area contributed by atoms with Gasteiger partial charge >= 0.3 is 5.97 Å². The number of carboxylic acids is 1. The maximum atomic E-state index is 11.6. The average Bonchev–Trinajstić information content (AvgIpc) is 2.29. The molecule has 0 unspecified atom stereocenters. The lowest BCUT2D eigenvalue weighted by molar-refractivity contribution is -0.116. The van der Waals surface area contributed by atoms with Crippen molar-refractivity contribution >= 4 is 49.4 Å². The Morgan fingerprint density at radius 1 is 1.39 bits per heavy atom. The Bertz CT molecular complexity index is 500. The van der Waals surface area contributed by atoms with Gasteiger partial charge in [0.15, 0.2) is 0 Å². The fraction of sp³-hybridized carbons (Fsp3) is 0.167. The summed E-state index contributed by atoms with van der Waals surface area (Å²) in [5.41, 5.74) is 0.294. The molecule has 1 rings (SSSR count). The van der Waals surface area contributed by atoms with Gasteiger partial charge in [0.25, 0.3) is 0 Å². The third-order valence-corrected chi connectivity index (χ3v) is 3.21. The largest absolute Gasteiger partial charge is 0.478 e. The highest BCUT2D eigenvalue weighted by atomic mass is 79.9. The molecule has 1 aromatic rings. The topological polar surface area (TPSA) is 66.4 Å². The predicted octanol–water partition coefficient (Wildman–Crippen LogP) is 3.81. The van der Waals surface area contributed by atoms with Crippen molar-refractivity contribution in [3.63, 3.8) is 0 Å². The molecule has 0 spiro atoms. The summed E-state index contributed by atoms with van der Waals surface area (Å²) in [5.74, 6) is -1.35. The van der Waals surface area contributed by atoms with Crippen LogP contribution >= 0.6 is 31.9 Å². The van der Waals surface area contributed by atoms with Crippen LogP contribution < -0.4 is 5.32 Å². The standard InChI is InChI=1S/C12H11Br2NO3/c1-2-3-4-10(16)15-11-8(12(17)18)5-7(13)6-9(11)14/h2,5-6H,1,3-4H2,(H,15,16)(H,17,18). The average molecular weight is 377 g/mol. The van der Waals surface area contributed by atoms with Gasteiger partial charge in [-0.05, 0) is 34.5 Å². The van der Waals surface area contributed by atoms with E-state index in [1.165, 1.54) is 6.07 Å². The van der Waals surface area contributed by atoms with Crippen molar-refractivity contribution in [3.05, 3.63) is 39.3 Å². The molecule has 0 aliphatic carbocycles. The molecular formula is C12H11Br2NO3. The Morgan fingerprint density at radius 3 is 2.61 bits per heavy atom. The third-order valence-electron chi connectivity index (χ3n) is 2.13. The summed E-state index contributed by atoms with van der Waals surface area (Å²) in [4.78, 5) is 22.7. The number of halogens is 2. The summed E-state index contributed by atoms with van der Waals surface area (Å²) in [5, 5.41) is 11.7. The highest BCUT2D eigenvalue weighted by Gasteiger charge is 2.16. The molecule has 0 saturated heterocycles. The molecule has 1 aromatic carbocycles. The first-order chi connectivity index (χ1) is 8.45. The van der Waals surface area contributed by atoms with E-state index in [9.17, 15) is 9.59 Å². The van der Waals surface area contributed by atoms with Crippen molar-refractivity contribution in [2.45, 2.75) is 12.8 Å². The molecule has 0 fully saturated rings. The van der Waals surface area contributed by atoms with Crippen molar-refractivity contribution in [2.75, 3.05) is 5.32 Å². The number of aromatic carboxylic acids is 1. The minimum Gasteiger partial charge on any atom is -0.478 e. The second kappa shape index (κ2) is 6.70. The molecule has 0 bridgehead atoms. The Hall–Kier alpha value is -1.14. The number of carbonyl (C=O) groups excluding carboxylic acids is 1. The summed E-state index contributed by atoms with van der Waals surface area (Å²) >= 11 is 6.44. The SMILES string of the molecule is C=CCCC(=O)Nc1c(Br)cc(Br)cc1C(=O)O. The molecule has 0 atom stereocenters. The normalized spacial score (nSPS) is 9.89. The number of hydrogen-bond donors (Lipinski definition) is 2. The predicted molar refractivity (Wildman–Crippen MR) is 76.9 cm³/mol. The van der Waals surface area contributed by atoms with E-state index >= 15 is 0 Å². The van der Waals surface area contributed by atoms with Crippen molar-refractivity contribution in [1.82, 2.24) is 0 Å². The van der Waals surface area contributed by atoms with Gasteiger partial charge in [-0.25, -0.2) is 4.79 Å². The molecule has 0 aliphatic heterocycles. The molecule has 0 radical (unpaired) electrons. The third kappa shape index (κ3) is 3.96. The summed E-state index contributed by atoms with van der Waals surface area (Å²) in [6.45, 7) is 3.53. The fourth-order valence-corrected chi connectivity index (χ4v) is 2.63. The highest BCUT2D eigenvalue weighted by molar-refractivity contribution is 9.11. The number of carbonyl (C=O) groups is 2. The van der Waals surface area contributed by atoms with Crippen molar-refractivity contribution < 1.29 is 14.7 Å². The number of rotatable bonds is 5. The summed E-state index contributed by atoms with van der Waals surface area (Å²) in [6, 6.07) is 3.12. The zero-order valence-electron chi connectivity index (χ0n) is 9.37. The van der Waals surface area contributed by atoms with Gasteiger partial charge in [-0.15, -0.1) is 6.58 Å². The number of amides is 1. The number of allylic oxidation sites excluding steroid dienone is 1. The maximum Gasteiger partial charge on any atom is 0.337 e. The van der Waals surface area contributed by atoms with Gasteiger partial charge in [-0.1, -0.05) is 22.0 Å². The molecule has 1 amide bonds. The number of hydrogen-bond acceptors (Lipinski definition) is 2. The molecule has 0 saturated carbocycles. The first-order valence-corrected chi connectivity index (χ1v) is 6.67.